The minimum atomic E-state index is 0.618. The van der Waals surface area contributed by atoms with Crippen LogP contribution < -0.4 is 4.90 Å². The number of rotatable bonds is 2. The van der Waals surface area contributed by atoms with Crippen LogP contribution in [-0.4, -0.2) is 12.6 Å². The van der Waals surface area contributed by atoms with E-state index in [2.05, 4.69) is 49.9 Å². The van der Waals surface area contributed by atoms with Crippen molar-refractivity contribution < 1.29 is 0 Å². The molecule has 1 aliphatic rings. The van der Waals surface area contributed by atoms with Crippen molar-refractivity contribution in [1.29, 1.82) is 0 Å². The van der Waals surface area contributed by atoms with Gasteiger partial charge in [0.1, 0.15) is 0 Å². The molecular formula is C13H19N. The van der Waals surface area contributed by atoms with Gasteiger partial charge in [-0.2, -0.15) is 0 Å². The zero-order valence-corrected chi connectivity index (χ0v) is 9.33. The van der Waals surface area contributed by atoms with E-state index in [-0.39, 0.29) is 0 Å². The number of para-hydroxylation sites is 1. The van der Waals surface area contributed by atoms with Crippen LogP contribution in [0.4, 0.5) is 5.69 Å². The van der Waals surface area contributed by atoms with E-state index < -0.39 is 0 Å². The van der Waals surface area contributed by atoms with E-state index in [9.17, 15) is 0 Å². The van der Waals surface area contributed by atoms with Crippen LogP contribution in [0, 0.1) is 0 Å². The predicted molar refractivity (Wildman–Crippen MR) is 62.0 cm³/mol. The summed E-state index contributed by atoms with van der Waals surface area (Å²) in [7, 11) is 0. The van der Waals surface area contributed by atoms with Gasteiger partial charge in [0.15, 0.2) is 0 Å². The molecule has 2 rings (SSSR count). The van der Waals surface area contributed by atoms with Crippen LogP contribution in [0.1, 0.15) is 38.7 Å². The van der Waals surface area contributed by atoms with E-state index in [0.29, 0.717) is 6.04 Å². The lowest BCUT2D eigenvalue weighted by Crippen LogP contribution is -2.29. The molecule has 1 nitrogen and oxygen atoms in total. The molecule has 0 aliphatic carbocycles. The summed E-state index contributed by atoms with van der Waals surface area (Å²) in [5.74, 6) is 0.744. The monoisotopic (exact) mass is 189 g/mol. The molecule has 1 atom stereocenters. The largest absolute Gasteiger partial charge is 0.368 e. The van der Waals surface area contributed by atoms with Crippen LogP contribution in [0.3, 0.4) is 0 Å². The lowest BCUT2D eigenvalue weighted by molar-refractivity contribution is 0.630. The molecule has 14 heavy (non-hydrogen) atoms. The summed E-state index contributed by atoms with van der Waals surface area (Å²) in [4.78, 5) is 2.52. The molecule has 76 valence electrons. The molecule has 0 aromatic heterocycles. The van der Waals surface area contributed by atoms with Gasteiger partial charge in [-0.25, -0.2) is 0 Å². The summed E-state index contributed by atoms with van der Waals surface area (Å²) in [5, 5.41) is 0. The maximum atomic E-state index is 2.52. The maximum absolute atomic E-state index is 2.52. The number of nitrogens with zero attached hydrogens (tertiary/aromatic N) is 1. The lowest BCUT2D eigenvalue weighted by atomic mass is 9.99. The molecule has 0 amide bonds. The third-order valence-electron chi connectivity index (χ3n) is 3.22. The van der Waals surface area contributed by atoms with Gasteiger partial charge in [-0.15, -0.1) is 0 Å². The van der Waals surface area contributed by atoms with Crippen LogP contribution in [0.2, 0.25) is 0 Å². The highest BCUT2D eigenvalue weighted by molar-refractivity contribution is 5.60. The Hall–Kier alpha value is -0.980. The third kappa shape index (κ3) is 1.41. The molecule has 0 fully saturated rings. The van der Waals surface area contributed by atoms with E-state index >= 15 is 0 Å². The van der Waals surface area contributed by atoms with E-state index in [0.717, 1.165) is 5.92 Å². The highest BCUT2D eigenvalue weighted by Gasteiger charge is 2.27. The molecule has 1 aliphatic heterocycles. The van der Waals surface area contributed by atoms with Crippen LogP contribution >= 0.6 is 0 Å². The average Bonchev–Trinajstić information content (AvgIpc) is 2.56. The highest BCUT2D eigenvalue weighted by Crippen LogP contribution is 2.38. The van der Waals surface area contributed by atoms with Gasteiger partial charge in [-0.1, -0.05) is 25.1 Å². The second-order valence-corrected chi connectivity index (χ2v) is 4.41. The quantitative estimate of drug-likeness (QED) is 0.689. The fourth-order valence-corrected chi connectivity index (χ4v) is 2.37. The first-order chi connectivity index (χ1) is 6.74. The normalized spacial score (nSPS) is 20.3. The topological polar surface area (TPSA) is 3.24 Å². The Balaban J connectivity index is 2.38. The van der Waals surface area contributed by atoms with Gasteiger partial charge in [0.2, 0.25) is 0 Å². The zero-order valence-electron chi connectivity index (χ0n) is 9.33. The molecule has 0 saturated carbocycles. The first-order valence-corrected chi connectivity index (χ1v) is 5.59. The summed E-state index contributed by atoms with van der Waals surface area (Å²) in [6, 6.07) is 9.46. The number of anilines is 1. The van der Waals surface area contributed by atoms with Crippen LogP contribution in [0.25, 0.3) is 0 Å². The first-order valence-electron chi connectivity index (χ1n) is 5.59. The zero-order chi connectivity index (χ0) is 10.1. The van der Waals surface area contributed by atoms with Crippen molar-refractivity contribution in [3.8, 4) is 0 Å². The summed E-state index contributed by atoms with van der Waals surface area (Å²) >= 11 is 0. The summed E-state index contributed by atoms with van der Waals surface area (Å²) < 4.78 is 0. The van der Waals surface area contributed by atoms with Gasteiger partial charge in [-0.05, 0) is 31.9 Å². The molecule has 1 heteroatoms. The van der Waals surface area contributed by atoms with Gasteiger partial charge in [0.25, 0.3) is 0 Å². The smallest absolute Gasteiger partial charge is 0.0404 e. The van der Waals surface area contributed by atoms with Gasteiger partial charge >= 0.3 is 0 Å². The van der Waals surface area contributed by atoms with E-state index in [4.69, 9.17) is 0 Å². The standard InChI is InChI=1S/C13H19N/c1-4-11-9-14(10(2)3)13-8-6-5-7-12(11)13/h5-8,10-11H,4,9H2,1-3H3. The number of hydrogen-bond acceptors (Lipinski definition) is 1. The molecule has 1 unspecified atom stereocenters. The van der Waals surface area contributed by atoms with Crippen LogP contribution in [0.5, 0.6) is 0 Å². The fourth-order valence-electron chi connectivity index (χ4n) is 2.37. The SMILES string of the molecule is CCC1CN(C(C)C)c2ccccc21. The van der Waals surface area contributed by atoms with Crippen molar-refractivity contribution >= 4 is 5.69 Å². The van der Waals surface area contributed by atoms with Crippen LogP contribution in [-0.2, 0) is 0 Å². The minimum Gasteiger partial charge on any atom is -0.368 e. The maximum Gasteiger partial charge on any atom is 0.0404 e. The van der Waals surface area contributed by atoms with Crippen molar-refractivity contribution in [3.63, 3.8) is 0 Å². The highest BCUT2D eigenvalue weighted by atomic mass is 15.2. The number of fused-ring (bicyclic) bond motifs is 1. The van der Waals surface area contributed by atoms with Crippen molar-refractivity contribution in [3.05, 3.63) is 29.8 Å². The third-order valence-corrected chi connectivity index (χ3v) is 3.22. The Morgan fingerprint density at radius 2 is 2.07 bits per heavy atom. The Labute approximate surface area is 86.7 Å². The Morgan fingerprint density at radius 3 is 2.71 bits per heavy atom. The Kier molecular flexibility index (Phi) is 2.49. The van der Waals surface area contributed by atoms with Crippen molar-refractivity contribution in [2.75, 3.05) is 11.4 Å². The predicted octanol–water partition coefficient (Wildman–Crippen LogP) is 3.41. The second kappa shape index (κ2) is 3.64. The average molecular weight is 189 g/mol. The van der Waals surface area contributed by atoms with E-state index in [1.54, 1.807) is 5.56 Å². The Bertz CT molecular complexity index is 317. The van der Waals surface area contributed by atoms with Gasteiger partial charge < -0.3 is 4.90 Å². The lowest BCUT2D eigenvalue weighted by Gasteiger charge is -2.24. The molecule has 0 bridgehead atoms. The summed E-state index contributed by atoms with van der Waals surface area (Å²) in [5.41, 5.74) is 3.00. The first kappa shape index (κ1) is 9.57. The number of hydrogen-bond donors (Lipinski definition) is 0. The van der Waals surface area contributed by atoms with Gasteiger partial charge in [-0.3, -0.25) is 0 Å². The molecule has 1 aromatic rings. The Morgan fingerprint density at radius 1 is 1.36 bits per heavy atom. The van der Waals surface area contributed by atoms with Crippen molar-refractivity contribution in [2.45, 2.75) is 39.2 Å². The van der Waals surface area contributed by atoms with Crippen molar-refractivity contribution in [2.24, 2.45) is 0 Å². The van der Waals surface area contributed by atoms with E-state index in [1.165, 1.54) is 18.7 Å². The molecule has 1 aromatic carbocycles. The summed E-state index contributed by atoms with van der Waals surface area (Å²) in [6.45, 7) is 8.03. The van der Waals surface area contributed by atoms with Gasteiger partial charge in [0.05, 0.1) is 0 Å². The molecule has 0 N–H and O–H groups in total. The fraction of sp³-hybridized carbons (Fsp3) is 0.538. The molecule has 1 heterocycles. The van der Waals surface area contributed by atoms with E-state index in [1.807, 2.05) is 0 Å². The number of benzene rings is 1. The second-order valence-electron chi connectivity index (χ2n) is 4.41. The summed E-state index contributed by atoms with van der Waals surface area (Å²) in [6.07, 6.45) is 1.25. The molecule has 0 saturated heterocycles. The van der Waals surface area contributed by atoms with Crippen LogP contribution in [0.15, 0.2) is 24.3 Å². The molecular weight excluding hydrogens is 170 g/mol. The molecule has 0 spiro atoms. The van der Waals surface area contributed by atoms with Crippen molar-refractivity contribution in [1.82, 2.24) is 0 Å². The van der Waals surface area contributed by atoms with Gasteiger partial charge in [0, 0.05) is 24.2 Å². The molecule has 0 radical (unpaired) electrons. The minimum absolute atomic E-state index is 0.618.